The summed E-state index contributed by atoms with van der Waals surface area (Å²) in [4.78, 5) is 35.7. The van der Waals surface area contributed by atoms with Gasteiger partial charge in [0.05, 0.1) is 23.9 Å². The van der Waals surface area contributed by atoms with Gasteiger partial charge in [-0.2, -0.15) is 0 Å². The summed E-state index contributed by atoms with van der Waals surface area (Å²) in [6.45, 7) is 4.34. The number of H-pyrrole nitrogens is 1. The van der Waals surface area contributed by atoms with Crippen LogP contribution in [-0.2, 0) is 11.8 Å². The van der Waals surface area contributed by atoms with E-state index in [0.29, 0.717) is 35.3 Å². The molecule has 2 heterocycles. The maximum atomic E-state index is 12.8. The van der Waals surface area contributed by atoms with Crippen molar-refractivity contribution >= 4 is 34.5 Å². The molecule has 2 aromatic heterocycles. The fourth-order valence-corrected chi connectivity index (χ4v) is 3.59. The van der Waals surface area contributed by atoms with Crippen molar-refractivity contribution < 1.29 is 9.53 Å². The Labute approximate surface area is 160 Å². The number of carbonyl (C=O) groups excluding carboxylic acids is 1. The number of fused-ring (bicyclic) bond motifs is 1. The van der Waals surface area contributed by atoms with Gasteiger partial charge in [-0.1, -0.05) is 30.8 Å². The molecule has 1 aromatic carbocycles. The second-order valence-electron chi connectivity index (χ2n) is 5.79. The van der Waals surface area contributed by atoms with Gasteiger partial charge in [-0.05, 0) is 25.5 Å². The molecular weight excluding hydrogens is 366 g/mol. The van der Waals surface area contributed by atoms with Crippen molar-refractivity contribution in [3.8, 4) is 5.75 Å². The molecule has 0 aliphatic heterocycles. The Kier molecular flexibility index (Phi) is 5.80. The van der Waals surface area contributed by atoms with Gasteiger partial charge < -0.3 is 19.6 Å². The topological polar surface area (TPSA) is 102 Å². The van der Waals surface area contributed by atoms with Crippen LogP contribution in [-0.4, -0.2) is 37.3 Å². The Morgan fingerprint density at radius 1 is 1.37 bits per heavy atom. The molecule has 0 saturated heterocycles. The number of imidazole rings is 1. The first kappa shape index (κ1) is 19.0. The van der Waals surface area contributed by atoms with E-state index in [-0.39, 0.29) is 22.2 Å². The van der Waals surface area contributed by atoms with Crippen LogP contribution in [0.25, 0.3) is 11.2 Å². The summed E-state index contributed by atoms with van der Waals surface area (Å²) in [6.07, 6.45) is 1.94. The summed E-state index contributed by atoms with van der Waals surface area (Å²) in [5.41, 5.74) is 1.08. The number of aromatic nitrogens is 4. The minimum Gasteiger partial charge on any atom is -0.492 e. The van der Waals surface area contributed by atoms with Gasteiger partial charge in [-0.15, -0.1) is 0 Å². The third-order valence-corrected chi connectivity index (χ3v) is 5.38. The number of hydrogen-bond donors (Lipinski definition) is 2. The molecule has 0 aliphatic carbocycles. The molecule has 3 aromatic rings. The minimum atomic E-state index is -0.380. The predicted octanol–water partition coefficient (Wildman–Crippen LogP) is 2.56. The molecule has 0 fully saturated rings. The van der Waals surface area contributed by atoms with Crippen molar-refractivity contribution in [3.05, 3.63) is 40.9 Å². The van der Waals surface area contributed by atoms with Gasteiger partial charge in [0.2, 0.25) is 5.91 Å². The van der Waals surface area contributed by atoms with Gasteiger partial charge in [0, 0.05) is 7.05 Å². The average molecular weight is 387 g/mol. The first-order valence-electron chi connectivity index (χ1n) is 8.64. The maximum absolute atomic E-state index is 12.8. The van der Waals surface area contributed by atoms with Crippen molar-refractivity contribution in [2.75, 3.05) is 11.9 Å². The Hall–Kier alpha value is -2.81. The fraction of sp³-hybridized carbons (Fsp3) is 0.333. The molecule has 0 unspecified atom stereocenters. The number of nitrogens with one attached hydrogen (secondary N) is 2. The number of ether oxygens (including phenoxy) is 1. The fourth-order valence-electron chi connectivity index (χ4n) is 2.61. The van der Waals surface area contributed by atoms with Gasteiger partial charge in [0.15, 0.2) is 16.3 Å². The lowest BCUT2D eigenvalue weighted by Gasteiger charge is -2.16. The van der Waals surface area contributed by atoms with Crippen LogP contribution in [0.3, 0.4) is 0 Å². The van der Waals surface area contributed by atoms with Gasteiger partial charge >= 0.3 is 0 Å². The van der Waals surface area contributed by atoms with E-state index < -0.39 is 0 Å². The Balaban J connectivity index is 1.82. The van der Waals surface area contributed by atoms with Gasteiger partial charge in [-0.25, -0.2) is 9.97 Å². The molecule has 0 aliphatic rings. The molecule has 0 bridgehead atoms. The van der Waals surface area contributed by atoms with Crippen molar-refractivity contribution in [3.63, 3.8) is 0 Å². The lowest BCUT2D eigenvalue weighted by atomic mass is 10.2. The maximum Gasteiger partial charge on any atom is 0.278 e. The monoisotopic (exact) mass is 387 g/mol. The van der Waals surface area contributed by atoms with Crippen molar-refractivity contribution in [1.82, 2.24) is 19.5 Å². The molecule has 1 atom stereocenters. The SMILES string of the molecule is CCOc1ccccc1NC(=O)[C@H](CC)Sc1nc2c(=O)[nH]cnc2n1C. The zero-order valence-electron chi connectivity index (χ0n) is 15.4. The molecule has 0 saturated carbocycles. The first-order chi connectivity index (χ1) is 13.0. The van der Waals surface area contributed by atoms with E-state index in [4.69, 9.17) is 4.74 Å². The smallest absolute Gasteiger partial charge is 0.278 e. The number of anilines is 1. The van der Waals surface area contributed by atoms with Crippen molar-refractivity contribution in [1.29, 1.82) is 0 Å². The molecule has 0 spiro atoms. The Morgan fingerprint density at radius 3 is 2.85 bits per heavy atom. The highest BCUT2D eigenvalue weighted by Crippen LogP contribution is 2.29. The van der Waals surface area contributed by atoms with Gasteiger partial charge in [-0.3, -0.25) is 9.59 Å². The lowest BCUT2D eigenvalue weighted by molar-refractivity contribution is -0.115. The second kappa shape index (κ2) is 8.26. The van der Waals surface area contributed by atoms with Gasteiger partial charge in [0.1, 0.15) is 5.75 Å². The average Bonchev–Trinajstić information content (AvgIpc) is 2.99. The number of carbonyl (C=O) groups is 1. The third kappa shape index (κ3) is 3.97. The van der Waals surface area contributed by atoms with E-state index in [9.17, 15) is 9.59 Å². The quantitative estimate of drug-likeness (QED) is 0.604. The van der Waals surface area contributed by atoms with E-state index in [1.807, 2.05) is 32.0 Å². The summed E-state index contributed by atoms with van der Waals surface area (Å²) in [5, 5.41) is 3.11. The Bertz CT molecular complexity index is 1010. The number of thioether (sulfide) groups is 1. The van der Waals surface area contributed by atoms with E-state index in [1.165, 1.54) is 18.1 Å². The molecule has 27 heavy (non-hydrogen) atoms. The van der Waals surface area contributed by atoms with Crippen LogP contribution in [0.2, 0.25) is 0 Å². The number of amides is 1. The number of rotatable bonds is 7. The van der Waals surface area contributed by atoms with E-state index >= 15 is 0 Å². The molecule has 9 heteroatoms. The standard InChI is InChI=1S/C18H21N5O3S/c1-4-13(16(24)21-11-8-6-7-9-12(11)26-5-2)27-18-22-14-15(23(18)3)19-10-20-17(14)25/h6-10,13H,4-5H2,1-3H3,(H,21,24)(H,19,20,25)/t13-/m0/s1. The van der Waals surface area contributed by atoms with Crippen LogP contribution in [0.15, 0.2) is 40.5 Å². The van der Waals surface area contributed by atoms with Crippen LogP contribution in [0.1, 0.15) is 20.3 Å². The second-order valence-corrected chi connectivity index (χ2v) is 6.96. The van der Waals surface area contributed by atoms with Crippen LogP contribution < -0.4 is 15.6 Å². The van der Waals surface area contributed by atoms with E-state index in [2.05, 4.69) is 20.3 Å². The number of hydrogen-bond acceptors (Lipinski definition) is 6. The highest BCUT2D eigenvalue weighted by molar-refractivity contribution is 8.00. The van der Waals surface area contributed by atoms with Crippen molar-refractivity contribution in [2.24, 2.45) is 7.05 Å². The van der Waals surface area contributed by atoms with Crippen LogP contribution in [0, 0.1) is 0 Å². The Morgan fingerprint density at radius 2 is 2.15 bits per heavy atom. The molecule has 3 rings (SSSR count). The normalized spacial score (nSPS) is 12.1. The summed E-state index contributed by atoms with van der Waals surface area (Å²) in [7, 11) is 1.78. The largest absolute Gasteiger partial charge is 0.492 e. The molecule has 0 radical (unpaired) electrons. The number of benzene rings is 1. The molecule has 2 N–H and O–H groups in total. The van der Waals surface area contributed by atoms with Crippen LogP contribution >= 0.6 is 11.8 Å². The van der Waals surface area contributed by atoms with E-state index in [0.717, 1.165) is 0 Å². The minimum absolute atomic E-state index is 0.149. The third-order valence-electron chi connectivity index (χ3n) is 3.98. The van der Waals surface area contributed by atoms with Crippen molar-refractivity contribution in [2.45, 2.75) is 30.7 Å². The predicted molar refractivity (Wildman–Crippen MR) is 105 cm³/mol. The summed E-state index contributed by atoms with van der Waals surface area (Å²) in [5.74, 6) is 0.482. The zero-order valence-corrected chi connectivity index (χ0v) is 16.2. The first-order valence-corrected chi connectivity index (χ1v) is 9.52. The van der Waals surface area contributed by atoms with Gasteiger partial charge in [0.25, 0.3) is 5.56 Å². The van der Waals surface area contributed by atoms with E-state index in [1.54, 1.807) is 17.7 Å². The molecule has 1 amide bonds. The summed E-state index contributed by atoms with van der Waals surface area (Å²) < 4.78 is 7.28. The molecule has 8 nitrogen and oxygen atoms in total. The summed E-state index contributed by atoms with van der Waals surface area (Å²) in [6, 6.07) is 7.32. The van der Waals surface area contributed by atoms with Crippen LogP contribution in [0.5, 0.6) is 5.75 Å². The van der Waals surface area contributed by atoms with Crippen LogP contribution in [0.4, 0.5) is 5.69 Å². The molecular formula is C18H21N5O3S. The molecule has 142 valence electrons. The number of para-hydroxylation sites is 2. The number of nitrogens with zero attached hydrogens (tertiary/aromatic N) is 3. The highest BCUT2D eigenvalue weighted by Gasteiger charge is 2.23. The summed E-state index contributed by atoms with van der Waals surface area (Å²) >= 11 is 1.30. The number of aromatic amines is 1. The lowest BCUT2D eigenvalue weighted by Crippen LogP contribution is -2.25. The highest BCUT2D eigenvalue weighted by atomic mass is 32.2. The number of aryl methyl sites for hydroxylation is 1. The zero-order chi connectivity index (χ0) is 19.4.